The fraction of sp³-hybridized carbons (Fsp3) is 0.167. The molecule has 0 saturated carbocycles. The molecule has 160 valence electrons. The molecule has 4 aromatic rings. The average molecular weight is 462 g/mol. The highest BCUT2D eigenvalue weighted by Crippen LogP contribution is 2.31. The molecule has 0 spiro atoms. The van der Waals surface area contributed by atoms with Gasteiger partial charge in [-0.1, -0.05) is 41.6 Å². The lowest BCUT2D eigenvalue weighted by Crippen LogP contribution is -2.36. The monoisotopic (exact) mass is 461 g/mol. The number of para-hydroxylation sites is 1. The number of benzene rings is 2. The smallest absolute Gasteiger partial charge is 0.237 e. The molecule has 2 aromatic carbocycles. The Morgan fingerprint density at radius 1 is 1.00 bits per heavy atom. The Balaban J connectivity index is 1.44. The normalized spacial score (nSPS) is 13.1. The van der Waals surface area contributed by atoms with Crippen LogP contribution in [-0.4, -0.2) is 38.0 Å². The minimum Gasteiger partial charge on any atom is -0.311 e. The van der Waals surface area contributed by atoms with Gasteiger partial charge < -0.3 is 4.90 Å². The number of fused-ring (bicyclic) bond motifs is 1. The molecule has 5 rings (SSSR count). The van der Waals surface area contributed by atoms with E-state index in [0.29, 0.717) is 16.0 Å². The SMILES string of the molecule is O=C(CSc1nnc(-c2ccncc2)n1-c1ccc(Cl)cc1)N1CCCc2ccccc21. The molecule has 0 radical (unpaired) electrons. The van der Waals surface area contributed by atoms with E-state index in [2.05, 4.69) is 21.2 Å². The van der Waals surface area contributed by atoms with Gasteiger partial charge in [-0.2, -0.15) is 0 Å². The predicted molar refractivity (Wildman–Crippen MR) is 127 cm³/mol. The van der Waals surface area contributed by atoms with Crippen molar-refractivity contribution < 1.29 is 4.79 Å². The second kappa shape index (κ2) is 9.14. The van der Waals surface area contributed by atoms with Gasteiger partial charge in [0.05, 0.1) is 5.75 Å². The molecule has 3 heterocycles. The number of halogens is 1. The van der Waals surface area contributed by atoms with E-state index in [1.807, 2.05) is 64.1 Å². The predicted octanol–water partition coefficient (Wildman–Crippen LogP) is 5.05. The summed E-state index contributed by atoms with van der Waals surface area (Å²) in [5, 5.41) is 10.1. The number of anilines is 1. The molecule has 8 heteroatoms. The van der Waals surface area contributed by atoms with E-state index in [1.54, 1.807) is 12.4 Å². The van der Waals surface area contributed by atoms with E-state index in [1.165, 1.54) is 17.3 Å². The average Bonchev–Trinajstić information content (AvgIpc) is 3.27. The van der Waals surface area contributed by atoms with Gasteiger partial charge in [-0.15, -0.1) is 10.2 Å². The van der Waals surface area contributed by atoms with Gasteiger partial charge in [0.2, 0.25) is 5.91 Å². The summed E-state index contributed by atoms with van der Waals surface area (Å²) in [6.07, 6.45) is 5.43. The summed E-state index contributed by atoms with van der Waals surface area (Å²) in [5.74, 6) is 1.03. The highest BCUT2D eigenvalue weighted by atomic mass is 35.5. The molecular formula is C24H20ClN5OS. The number of rotatable bonds is 5. The Bertz CT molecular complexity index is 1240. The molecule has 0 saturated heterocycles. The van der Waals surface area contributed by atoms with Crippen LogP contribution in [0.15, 0.2) is 78.2 Å². The first-order valence-electron chi connectivity index (χ1n) is 10.3. The van der Waals surface area contributed by atoms with Crippen molar-refractivity contribution in [3.63, 3.8) is 0 Å². The number of aryl methyl sites for hydroxylation is 1. The summed E-state index contributed by atoms with van der Waals surface area (Å²) in [5.41, 5.74) is 4.01. The van der Waals surface area contributed by atoms with E-state index in [9.17, 15) is 4.79 Å². The fourth-order valence-corrected chi connectivity index (χ4v) is 4.83. The van der Waals surface area contributed by atoms with Gasteiger partial charge in [0.15, 0.2) is 11.0 Å². The lowest BCUT2D eigenvalue weighted by atomic mass is 10.0. The Kier molecular flexibility index (Phi) is 5.92. The number of thioether (sulfide) groups is 1. The molecule has 0 fully saturated rings. The fourth-order valence-electron chi connectivity index (χ4n) is 3.87. The van der Waals surface area contributed by atoms with Crippen LogP contribution in [0.4, 0.5) is 5.69 Å². The first kappa shape index (κ1) is 20.7. The number of carbonyl (C=O) groups excluding carboxylic acids is 1. The van der Waals surface area contributed by atoms with Crippen molar-refractivity contribution in [3.8, 4) is 17.1 Å². The first-order valence-corrected chi connectivity index (χ1v) is 11.7. The molecule has 0 unspecified atom stereocenters. The van der Waals surface area contributed by atoms with E-state index < -0.39 is 0 Å². The molecule has 0 atom stereocenters. The summed E-state index contributed by atoms with van der Waals surface area (Å²) >= 11 is 7.48. The zero-order valence-corrected chi connectivity index (χ0v) is 18.8. The van der Waals surface area contributed by atoms with Crippen molar-refractivity contribution in [1.82, 2.24) is 19.7 Å². The minimum absolute atomic E-state index is 0.0678. The number of hydrogen-bond donors (Lipinski definition) is 0. The van der Waals surface area contributed by atoms with Gasteiger partial charge in [-0.3, -0.25) is 14.3 Å². The summed E-state index contributed by atoms with van der Waals surface area (Å²) in [6, 6.07) is 19.4. The van der Waals surface area contributed by atoms with Crippen LogP contribution in [0.1, 0.15) is 12.0 Å². The van der Waals surface area contributed by atoms with Crippen LogP contribution in [0.3, 0.4) is 0 Å². The van der Waals surface area contributed by atoms with Gasteiger partial charge in [0.25, 0.3) is 0 Å². The lowest BCUT2D eigenvalue weighted by Gasteiger charge is -2.29. The molecule has 0 bridgehead atoms. The number of amides is 1. The van der Waals surface area contributed by atoms with Gasteiger partial charge in [0, 0.05) is 40.9 Å². The van der Waals surface area contributed by atoms with E-state index in [0.717, 1.165) is 36.3 Å². The first-order chi connectivity index (χ1) is 15.7. The van der Waals surface area contributed by atoms with Crippen molar-refractivity contribution in [2.45, 2.75) is 18.0 Å². The van der Waals surface area contributed by atoms with Crippen LogP contribution in [0.2, 0.25) is 5.02 Å². The van der Waals surface area contributed by atoms with Gasteiger partial charge >= 0.3 is 0 Å². The van der Waals surface area contributed by atoms with Crippen LogP contribution >= 0.6 is 23.4 Å². The summed E-state index contributed by atoms with van der Waals surface area (Å²) < 4.78 is 1.95. The molecule has 0 N–H and O–H groups in total. The second-order valence-corrected chi connectivity index (χ2v) is 8.80. The maximum atomic E-state index is 13.1. The van der Waals surface area contributed by atoms with Crippen LogP contribution < -0.4 is 4.90 Å². The molecule has 1 aliphatic rings. The highest BCUT2D eigenvalue weighted by Gasteiger charge is 2.24. The Hall–Kier alpha value is -3.16. The number of carbonyl (C=O) groups is 1. The van der Waals surface area contributed by atoms with Crippen molar-refractivity contribution in [2.75, 3.05) is 17.2 Å². The zero-order valence-electron chi connectivity index (χ0n) is 17.2. The van der Waals surface area contributed by atoms with Crippen LogP contribution in [0.25, 0.3) is 17.1 Å². The Morgan fingerprint density at radius 2 is 1.78 bits per heavy atom. The highest BCUT2D eigenvalue weighted by molar-refractivity contribution is 7.99. The Morgan fingerprint density at radius 3 is 2.59 bits per heavy atom. The number of pyridine rings is 1. The maximum Gasteiger partial charge on any atom is 0.237 e. The van der Waals surface area contributed by atoms with E-state index >= 15 is 0 Å². The van der Waals surface area contributed by atoms with Gasteiger partial charge in [-0.05, 0) is 60.9 Å². The zero-order chi connectivity index (χ0) is 21.9. The molecule has 1 amide bonds. The molecule has 1 aliphatic heterocycles. The molecule has 2 aromatic heterocycles. The number of hydrogen-bond acceptors (Lipinski definition) is 5. The third-order valence-corrected chi connectivity index (χ3v) is 6.56. The Labute approximate surface area is 195 Å². The number of nitrogens with zero attached hydrogens (tertiary/aromatic N) is 5. The van der Waals surface area contributed by atoms with E-state index in [4.69, 9.17) is 11.6 Å². The van der Waals surface area contributed by atoms with Gasteiger partial charge in [-0.25, -0.2) is 0 Å². The van der Waals surface area contributed by atoms with Crippen molar-refractivity contribution in [2.24, 2.45) is 0 Å². The molecular weight excluding hydrogens is 442 g/mol. The molecule has 0 aliphatic carbocycles. The minimum atomic E-state index is 0.0678. The summed E-state index contributed by atoms with van der Waals surface area (Å²) in [7, 11) is 0. The van der Waals surface area contributed by atoms with Crippen LogP contribution in [-0.2, 0) is 11.2 Å². The topological polar surface area (TPSA) is 63.9 Å². The third kappa shape index (κ3) is 4.13. The lowest BCUT2D eigenvalue weighted by molar-refractivity contribution is -0.116. The van der Waals surface area contributed by atoms with Crippen LogP contribution in [0.5, 0.6) is 0 Å². The van der Waals surface area contributed by atoms with E-state index in [-0.39, 0.29) is 11.7 Å². The standard InChI is InChI=1S/C24H20ClN5OS/c25-19-7-9-20(10-8-19)30-23(18-11-13-26-14-12-18)27-28-24(30)32-16-22(31)29-15-3-5-17-4-1-2-6-21(17)29/h1-2,4,6-14H,3,5,15-16H2. The largest absolute Gasteiger partial charge is 0.311 e. The van der Waals surface area contributed by atoms with Gasteiger partial charge in [0.1, 0.15) is 0 Å². The second-order valence-electron chi connectivity index (χ2n) is 7.42. The maximum absolute atomic E-state index is 13.1. The van der Waals surface area contributed by atoms with Crippen LogP contribution in [0, 0.1) is 0 Å². The van der Waals surface area contributed by atoms with Crippen molar-refractivity contribution in [1.29, 1.82) is 0 Å². The van der Waals surface area contributed by atoms with Crippen molar-refractivity contribution in [3.05, 3.63) is 83.6 Å². The molecule has 32 heavy (non-hydrogen) atoms. The quantitative estimate of drug-likeness (QED) is 0.389. The summed E-state index contributed by atoms with van der Waals surface area (Å²) in [6.45, 7) is 0.739. The summed E-state index contributed by atoms with van der Waals surface area (Å²) in [4.78, 5) is 19.1. The number of aromatic nitrogens is 4. The molecule has 6 nitrogen and oxygen atoms in total. The third-order valence-electron chi connectivity index (χ3n) is 5.39. The van der Waals surface area contributed by atoms with Crippen molar-refractivity contribution >= 4 is 35.0 Å².